The molecule has 0 saturated heterocycles. The van der Waals surface area contributed by atoms with E-state index in [-0.39, 0.29) is 0 Å². The zero-order valence-electron chi connectivity index (χ0n) is 11.2. The third-order valence-electron chi connectivity index (χ3n) is 2.63. The van der Waals surface area contributed by atoms with Crippen molar-refractivity contribution in [2.75, 3.05) is 11.9 Å². The summed E-state index contributed by atoms with van der Waals surface area (Å²) in [7, 11) is 0. The number of nitrogens with one attached hydrogen (secondary N) is 1. The molecule has 0 radical (unpaired) electrons. The number of hydrogen-bond acceptors (Lipinski definition) is 3. The Labute approximate surface area is 128 Å². The highest BCUT2D eigenvalue weighted by Crippen LogP contribution is 2.28. The highest BCUT2D eigenvalue weighted by Gasteiger charge is 2.04. The summed E-state index contributed by atoms with van der Waals surface area (Å²) in [6, 6.07) is 11.0. The second kappa shape index (κ2) is 7.36. The Balaban J connectivity index is 1.99. The van der Waals surface area contributed by atoms with E-state index in [1.807, 2.05) is 18.2 Å². The first-order chi connectivity index (χ1) is 9.69. The van der Waals surface area contributed by atoms with Gasteiger partial charge >= 0.3 is 0 Å². The fourth-order valence-corrected chi connectivity index (χ4v) is 2.12. The van der Waals surface area contributed by atoms with Gasteiger partial charge in [-0.05, 0) is 36.8 Å². The second-order valence-corrected chi connectivity index (χ2v) is 5.15. The van der Waals surface area contributed by atoms with Crippen molar-refractivity contribution in [2.24, 2.45) is 0 Å². The molecule has 0 aliphatic heterocycles. The molecule has 0 bridgehead atoms. The highest BCUT2D eigenvalue weighted by molar-refractivity contribution is 6.35. The van der Waals surface area contributed by atoms with Crippen LogP contribution in [-0.4, -0.2) is 11.5 Å². The number of aromatic nitrogens is 1. The van der Waals surface area contributed by atoms with Gasteiger partial charge in [-0.3, -0.25) is 0 Å². The fourth-order valence-electron chi connectivity index (χ4n) is 1.66. The van der Waals surface area contributed by atoms with Gasteiger partial charge in [-0.25, -0.2) is 4.98 Å². The quantitative estimate of drug-likeness (QED) is 0.833. The predicted molar refractivity (Wildman–Crippen MR) is 83.8 cm³/mol. The van der Waals surface area contributed by atoms with E-state index in [2.05, 4.69) is 17.2 Å². The molecule has 0 aliphatic carbocycles. The maximum atomic E-state index is 6.05. The van der Waals surface area contributed by atoms with Crippen LogP contribution >= 0.6 is 23.2 Å². The summed E-state index contributed by atoms with van der Waals surface area (Å²) in [6.07, 6.45) is 1.06. The molecule has 3 nitrogen and oxygen atoms in total. The Morgan fingerprint density at radius 2 is 2.05 bits per heavy atom. The standard InChI is InChI=1S/C15H16Cl2N2O/c1-2-8-18-15-5-3-4-12(19-15)10-20-14-7-6-11(16)9-13(14)17/h3-7,9H,2,8,10H2,1H3,(H,18,19). The molecule has 0 spiro atoms. The van der Waals surface area contributed by atoms with E-state index in [1.165, 1.54) is 0 Å². The number of halogens is 2. The molecular weight excluding hydrogens is 295 g/mol. The smallest absolute Gasteiger partial charge is 0.138 e. The average Bonchev–Trinajstić information content (AvgIpc) is 2.45. The highest BCUT2D eigenvalue weighted by atomic mass is 35.5. The van der Waals surface area contributed by atoms with Crippen LogP contribution in [0.4, 0.5) is 5.82 Å². The summed E-state index contributed by atoms with van der Waals surface area (Å²) in [6.45, 7) is 3.38. The SMILES string of the molecule is CCCNc1cccc(COc2ccc(Cl)cc2Cl)n1. The third-order valence-corrected chi connectivity index (χ3v) is 3.16. The van der Waals surface area contributed by atoms with E-state index in [1.54, 1.807) is 18.2 Å². The van der Waals surface area contributed by atoms with Crippen LogP contribution in [-0.2, 0) is 6.61 Å². The minimum absolute atomic E-state index is 0.364. The summed E-state index contributed by atoms with van der Waals surface area (Å²) in [4.78, 5) is 4.47. The molecule has 0 amide bonds. The third kappa shape index (κ3) is 4.29. The predicted octanol–water partition coefficient (Wildman–Crippen LogP) is 4.79. The number of nitrogens with zero attached hydrogens (tertiary/aromatic N) is 1. The molecule has 0 atom stereocenters. The van der Waals surface area contributed by atoms with Gasteiger partial charge in [0.2, 0.25) is 0 Å². The van der Waals surface area contributed by atoms with Crippen molar-refractivity contribution in [1.29, 1.82) is 0 Å². The zero-order valence-corrected chi connectivity index (χ0v) is 12.7. The van der Waals surface area contributed by atoms with E-state index in [0.29, 0.717) is 22.4 Å². The molecular formula is C15H16Cl2N2O. The average molecular weight is 311 g/mol. The molecule has 0 aliphatic rings. The monoisotopic (exact) mass is 310 g/mol. The molecule has 2 rings (SSSR count). The van der Waals surface area contributed by atoms with Gasteiger partial charge in [-0.15, -0.1) is 0 Å². The van der Waals surface area contributed by atoms with Crippen LogP contribution in [0.15, 0.2) is 36.4 Å². The first-order valence-corrected chi connectivity index (χ1v) is 7.22. The van der Waals surface area contributed by atoms with Crippen molar-refractivity contribution in [1.82, 2.24) is 4.98 Å². The lowest BCUT2D eigenvalue weighted by atomic mass is 10.3. The summed E-state index contributed by atoms with van der Waals surface area (Å²) in [5, 5.41) is 4.33. The van der Waals surface area contributed by atoms with Crippen molar-refractivity contribution < 1.29 is 4.74 Å². The van der Waals surface area contributed by atoms with Crippen LogP contribution in [0.25, 0.3) is 0 Å². The Hall–Kier alpha value is -1.45. The van der Waals surface area contributed by atoms with Gasteiger partial charge in [0.25, 0.3) is 0 Å². The number of hydrogen-bond donors (Lipinski definition) is 1. The van der Waals surface area contributed by atoms with Gasteiger partial charge in [0, 0.05) is 11.6 Å². The fraction of sp³-hybridized carbons (Fsp3) is 0.267. The van der Waals surface area contributed by atoms with Gasteiger partial charge in [0.1, 0.15) is 18.2 Å². The van der Waals surface area contributed by atoms with Crippen molar-refractivity contribution in [3.63, 3.8) is 0 Å². The molecule has 20 heavy (non-hydrogen) atoms. The Morgan fingerprint density at radius 1 is 1.20 bits per heavy atom. The Morgan fingerprint density at radius 3 is 2.80 bits per heavy atom. The molecule has 106 valence electrons. The van der Waals surface area contributed by atoms with E-state index in [4.69, 9.17) is 27.9 Å². The first-order valence-electron chi connectivity index (χ1n) is 6.46. The maximum Gasteiger partial charge on any atom is 0.138 e. The van der Waals surface area contributed by atoms with Crippen LogP contribution in [0.2, 0.25) is 10.0 Å². The van der Waals surface area contributed by atoms with Gasteiger partial charge in [-0.2, -0.15) is 0 Å². The number of ether oxygens (including phenoxy) is 1. The first kappa shape index (κ1) is 14.9. The minimum Gasteiger partial charge on any atom is -0.486 e. The molecule has 1 aromatic carbocycles. The number of anilines is 1. The summed E-state index contributed by atoms with van der Waals surface area (Å²) < 4.78 is 5.66. The van der Waals surface area contributed by atoms with Gasteiger partial charge < -0.3 is 10.1 Å². The van der Waals surface area contributed by atoms with Gasteiger partial charge in [-0.1, -0.05) is 36.2 Å². The van der Waals surface area contributed by atoms with Gasteiger partial charge in [0.05, 0.1) is 10.7 Å². The molecule has 5 heteroatoms. The second-order valence-electron chi connectivity index (χ2n) is 4.30. The van der Waals surface area contributed by atoms with Crippen LogP contribution in [0, 0.1) is 0 Å². The zero-order chi connectivity index (χ0) is 14.4. The van der Waals surface area contributed by atoms with Crippen molar-refractivity contribution in [3.05, 3.63) is 52.1 Å². The van der Waals surface area contributed by atoms with Crippen molar-refractivity contribution in [2.45, 2.75) is 20.0 Å². The molecule has 1 N–H and O–H groups in total. The number of rotatable bonds is 6. The van der Waals surface area contributed by atoms with Crippen LogP contribution in [0.1, 0.15) is 19.0 Å². The number of benzene rings is 1. The normalized spacial score (nSPS) is 10.3. The molecule has 0 saturated carbocycles. The van der Waals surface area contributed by atoms with Crippen LogP contribution in [0.5, 0.6) is 5.75 Å². The topological polar surface area (TPSA) is 34.1 Å². The molecule has 1 heterocycles. The summed E-state index contributed by atoms with van der Waals surface area (Å²) >= 11 is 11.9. The van der Waals surface area contributed by atoms with E-state index in [0.717, 1.165) is 24.5 Å². The number of pyridine rings is 1. The minimum atomic E-state index is 0.364. The van der Waals surface area contributed by atoms with Crippen LogP contribution in [0.3, 0.4) is 0 Å². The van der Waals surface area contributed by atoms with Gasteiger partial charge in [0.15, 0.2) is 0 Å². The molecule has 1 aromatic heterocycles. The van der Waals surface area contributed by atoms with Crippen LogP contribution < -0.4 is 10.1 Å². The molecule has 2 aromatic rings. The molecule has 0 unspecified atom stereocenters. The van der Waals surface area contributed by atoms with E-state index in [9.17, 15) is 0 Å². The van der Waals surface area contributed by atoms with Crippen molar-refractivity contribution in [3.8, 4) is 5.75 Å². The lowest BCUT2D eigenvalue weighted by Crippen LogP contribution is -2.05. The maximum absolute atomic E-state index is 6.05. The van der Waals surface area contributed by atoms with E-state index >= 15 is 0 Å². The Kier molecular flexibility index (Phi) is 5.50. The van der Waals surface area contributed by atoms with E-state index < -0.39 is 0 Å². The lowest BCUT2D eigenvalue weighted by molar-refractivity contribution is 0.301. The Bertz CT molecular complexity index is 576. The van der Waals surface area contributed by atoms with Crippen molar-refractivity contribution >= 4 is 29.0 Å². The lowest BCUT2D eigenvalue weighted by Gasteiger charge is -2.09. The molecule has 0 fully saturated rings. The summed E-state index contributed by atoms with van der Waals surface area (Å²) in [5.74, 6) is 1.46. The largest absolute Gasteiger partial charge is 0.486 e. The summed E-state index contributed by atoms with van der Waals surface area (Å²) in [5.41, 5.74) is 0.845.